The Morgan fingerprint density at radius 1 is 1.25 bits per heavy atom. The summed E-state index contributed by atoms with van der Waals surface area (Å²) in [5.41, 5.74) is 1.26. The van der Waals surface area contributed by atoms with E-state index < -0.39 is 0 Å². The minimum Gasteiger partial charge on any atom is -0.395 e. The molecule has 1 aromatic rings. The van der Waals surface area contributed by atoms with Gasteiger partial charge in [-0.3, -0.25) is 5.32 Å². The molecule has 0 bridgehead atoms. The van der Waals surface area contributed by atoms with Crippen LogP contribution in [0.4, 0.5) is 0 Å². The zero-order valence-electron chi connectivity index (χ0n) is 9.90. The molecule has 2 N–H and O–H groups in total. The fourth-order valence-electron chi connectivity index (χ4n) is 1.54. The van der Waals surface area contributed by atoms with E-state index in [1.54, 1.807) is 0 Å². The van der Waals surface area contributed by atoms with Crippen molar-refractivity contribution in [2.24, 2.45) is 0 Å². The van der Waals surface area contributed by atoms with Crippen LogP contribution in [0.15, 0.2) is 30.3 Å². The lowest BCUT2D eigenvalue weighted by Crippen LogP contribution is -2.27. The van der Waals surface area contributed by atoms with Gasteiger partial charge >= 0.3 is 0 Å². The van der Waals surface area contributed by atoms with Gasteiger partial charge in [-0.05, 0) is 19.4 Å². The van der Waals surface area contributed by atoms with Crippen LogP contribution in [-0.4, -0.2) is 17.8 Å². The smallest absolute Gasteiger partial charge is 0.0665 e. The molecule has 2 atom stereocenters. The van der Waals surface area contributed by atoms with Crippen LogP contribution in [0.3, 0.4) is 0 Å². The maximum Gasteiger partial charge on any atom is 0.0665 e. The molecular formula is C14H19NO. The van der Waals surface area contributed by atoms with Crippen LogP contribution in [-0.2, 0) is 0 Å². The Morgan fingerprint density at radius 2 is 1.94 bits per heavy atom. The molecule has 0 saturated carbocycles. The SMILES string of the molecule is C[C@H](C#CCCO)N[C@H](C)c1ccccc1. The molecule has 0 fully saturated rings. The minimum absolute atomic E-state index is 0.133. The molecule has 0 aliphatic rings. The fourth-order valence-corrected chi connectivity index (χ4v) is 1.54. The number of hydrogen-bond acceptors (Lipinski definition) is 2. The highest BCUT2D eigenvalue weighted by Crippen LogP contribution is 2.11. The number of aliphatic hydroxyl groups excluding tert-OH is 1. The van der Waals surface area contributed by atoms with Crippen LogP contribution < -0.4 is 5.32 Å². The first-order chi connectivity index (χ1) is 7.74. The number of aliphatic hydroxyl groups is 1. The van der Waals surface area contributed by atoms with Crippen LogP contribution in [0, 0.1) is 11.8 Å². The van der Waals surface area contributed by atoms with Gasteiger partial charge in [0.1, 0.15) is 0 Å². The van der Waals surface area contributed by atoms with Crippen molar-refractivity contribution in [3.63, 3.8) is 0 Å². The molecule has 1 rings (SSSR count). The zero-order chi connectivity index (χ0) is 11.8. The lowest BCUT2D eigenvalue weighted by Gasteiger charge is -2.16. The number of rotatable bonds is 4. The van der Waals surface area contributed by atoms with E-state index in [1.807, 2.05) is 25.1 Å². The van der Waals surface area contributed by atoms with Gasteiger partial charge in [0.25, 0.3) is 0 Å². The van der Waals surface area contributed by atoms with Gasteiger partial charge < -0.3 is 5.11 Å². The Labute approximate surface area is 97.7 Å². The van der Waals surface area contributed by atoms with Crippen LogP contribution in [0.5, 0.6) is 0 Å². The van der Waals surface area contributed by atoms with Gasteiger partial charge in [-0.15, -0.1) is 0 Å². The van der Waals surface area contributed by atoms with Crippen LogP contribution >= 0.6 is 0 Å². The first-order valence-electron chi connectivity index (χ1n) is 5.64. The third kappa shape index (κ3) is 4.48. The Balaban J connectivity index is 2.46. The number of benzene rings is 1. The molecule has 0 saturated heterocycles. The molecular weight excluding hydrogens is 198 g/mol. The van der Waals surface area contributed by atoms with E-state index in [0.29, 0.717) is 12.5 Å². The van der Waals surface area contributed by atoms with Gasteiger partial charge in [0.05, 0.1) is 12.6 Å². The van der Waals surface area contributed by atoms with Crippen LogP contribution in [0.1, 0.15) is 31.9 Å². The van der Waals surface area contributed by atoms with Crippen molar-refractivity contribution in [1.82, 2.24) is 5.32 Å². The Kier molecular flexibility index (Phi) is 5.63. The monoisotopic (exact) mass is 217 g/mol. The normalized spacial score (nSPS) is 13.7. The summed E-state index contributed by atoms with van der Waals surface area (Å²) in [5.74, 6) is 5.99. The summed E-state index contributed by atoms with van der Waals surface area (Å²) in [6.07, 6.45) is 0.547. The van der Waals surface area contributed by atoms with Crippen LogP contribution in [0.25, 0.3) is 0 Å². The predicted molar refractivity (Wildman–Crippen MR) is 66.9 cm³/mol. The summed E-state index contributed by atoms with van der Waals surface area (Å²) in [7, 11) is 0. The zero-order valence-corrected chi connectivity index (χ0v) is 9.90. The second-order valence-corrected chi connectivity index (χ2v) is 3.82. The van der Waals surface area contributed by atoms with Gasteiger partial charge in [0, 0.05) is 12.5 Å². The van der Waals surface area contributed by atoms with Crippen molar-refractivity contribution in [2.45, 2.75) is 32.4 Å². The quantitative estimate of drug-likeness (QED) is 0.757. The molecule has 86 valence electrons. The molecule has 0 aliphatic heterocycles. The molecule has 2 heteroatoms. The van der Waals surface area contributed by atoms with Gasteiger partial charge in [-0.25, -0.2) is 0 Å². The summed E-state index contributed by atoms with van der Waals surface area (Å²) >= 11 is 0. The lowest BCUT2D eigenvalue weighted by atomic mass is 10.1. The maximum atomic E-state index is 8.62. The highest BCUT2D eigenvalue weighted by atomic mass is 16.2. The average Bonchev–Trinajstić information content (AvgIpc) is 2.30. The van der Waals surface area contributed by atoms with Crippen molar-refractivity contribution in [1.29, 1.82) is 0 Å². The third-order valence-electron chi connectivity index (χ3n) is 2.35. The van der Waals surface area contributed by atoms with E-state index in [4.69, 9.17) is 5.11 Å². The van der Waals surface area contributed by atoms with Crippen molar-refractivity contribution < 1.29 is 5.11 Å². The molecule has 0 aromatic heterocycles. The topological polar surface area (TPSA) is 32.3 Å². The van der Waals surface area contributed by atoms with Crippen molar-refractivity contribution >= 4 is 0 Å². The first kappa shape index (κ1) is 12.8. The van der Waals surface area contributed by atoms with Gasteiger partial charge in [-0.2, -0.15) is 0 Å². The summed E-state index contributed by atoms with van der Waals surface area (Å²) in [6.45, 7) is 4.29. The third-order valence-corrected chi connectivity index (χ3v) is 2.35. The highest BCUT2D eigenvalue weighted by Gasteiger charge is 2.06. The largest absolute Gasteiger partial charge is 0.395 e. The second-order valence-electron chi connectivity index (χ2n) is 3.82. The van der Waals surface area contributed by atoms with Gasteiger partial charge in [0.15, 0.2) is 0 Å². The van der Waals surface area contributed by atoms with Crippen LogP contribution in [0.2, 0.25) is 0 Å². The van der Waals surface area contributed by atoms with Gasteiger partial charge in [-0.1, -0.05) is 42.2 Å². The predicted octanol–water partition coefficient (Wildman–Crippen LogP) is 2.11. The summed E-state index contributed by atoms with van der Waals surface area (Å²) < 4.78 is 0. The minimum atomic E-state index is 0.133. The Bertz CT molecular complexity index is 350. The van der Waals surface area contributed by atoms with E-state index in [9.17, 15) is 0 Å². The fraction of sp³-hybridized carbons (Fsp3) is 0.429. The van der Waals surface area contributed by atoms with Gasteiger partial charge in [0.2, 0.25) is 0 Å². The highest BCUT2D eigenvalue weighted by molar-refractivity contribution is 5.19. The molecule has 16 heavy (non-hydrogen) atoms. The molecule has 0 amide bonds. The molecule has 0 unspecified atom stereocenters. The molecule has 0 radical (unpaired) electrons. The van der Waals surface area contributed by atoms with Crippen molar-refractivity contribution in [2.75, 3.05) is 6.61 Å². The maximum absolute atomic E-state index is 8.62. The summed E-state index contributed by atoms with van der Waals surface area (Å²) in [4.78, 5) is 0. The average molecular weight is 217 g/mol. The Morgan fingerprint density at radius 3 is 2.56 bits per heavy atom. The first-order valence-corrected chi connectivity index (χ1v) is 5.64. The molecule has 0 spiro atoms. The van der Waals surface area contributed by atoms with E-state index in [1.165, 1.54) is 5.56 Å². The van der Waals surface area contributed by atoms with E-state index in [0.717, 1.165) is 0 Å². The standard InChI is InChI=1S/C14H19NO/c1-12(8-6-7-11-16)15-13(2)14-9-4-3-5-10-14/h3-5,9-10,12-13,15-16H,7,11H2,1-2H3/t12-,13-/m1/s1. The van der Waals surface area contributed by atoms with Crippen molar-refractivity contribution in [3.05, 3.63) is 35.9 Å². The summed E-state index contributed by atoms with van der Waals surface area (Å²) in [5, 5.41) is 12.0. The number of nitrogens with one attached hydrogen (secondary N) is 1. The van der Waals surface area contributed by atoms with E-state index in [2.05, 4.69) is 36.2 Å². The van der Waals surface area contributed by atoms with E-state index in [-0.39, 0.29) is 12.6 Å². The molecule has 1 aromatic carbocycles. The lowest BCUT2D eigenvalue weighted by molar-refractivity contribution is 0.305. The molecule has 0 heterocycles. The Hall–Kier alpha value is -1.30. The van der Waals surface area contributed by atoms with Crippen molar-refractivity contribution in [3.8, 4) is 11.8 Å². The second kappa shape index (κ2) is 7.05. The molecule has 2 nitrogen and oxygen atoms in total. The van der Waals surface area contributed by atoms with E-state index >= 15 is 0 Å². The summed E-state index contributed by atoms with van der Waals surface area (Å²) in [6, 6.07) is 10.7. The number of hydrogen-bond donors (Lipinski definition) is 2. The molecule has 0 aliphatic carbocycles.